The number of nitrogens with one attached hydrogen (secondary N) is 1. The zero-order valence-corrected chi connectivity index (χ0v) is 8.26. The number of nitrogens with two attached hydrogens (primary N) is 1. The minimum atomic E-state index is -0.240. The monoisotopic (exact) mass is 203 g/mol. The van der Waals surface area contributed by atoms with Crippen LogP contribution in [0.4, 0.5) is 10.2 Å². The number of aromatic amines is 1. The van der Waals surface area contributed by atoms with Crippen LogP contribution in [0.2, 0.25) is 0 Å². The van der Waals surface area contributed by atoms with Gasteiger partial charge in [-0.05, 0) is 54.8 Å². The molecule has 0 spiro atoms. The Morgan fingerprint density at radius 1 is 1.27 bits per heavy atom. The van der Waals surface area contributed by atoms with Crippen LogP contribution in [0, 0.1) is 12.7 Å². The molecule has 3 heteroatoms. The van der Waals surface area contributed by atoms with Gasteiger partial charge in [0.1, 0.15) is 11.6 Å². The molecule has 3 N–H and O–H groups in total. The smallest absolute Gasteiger partial charge is 0.123 e. The number of benzene rings is 1. The fraction of sp³-hybridized carbons (Fsp3) is 0.0833. The second-order valence-corrected chi connectivity index (χ2v) is 3.38. The van der Waals surface area contributed by atoms with Gasteiger partial charge >= 0.3 is 0 Å². The number of halogens is 1. The van der Waals surface area contributed by atoms with Gasteiger partial charge in [0.25, 0.3) is 0 Å². The van der Waals surface area contributed by atoms with Crippen molar-refractivity contribution < 1.29 is 4.39 Å². The lowest BCUT2D eigenvalue weighted by molar-refractivity contribution is 0.628. The number of hydrogen-bond donors (Lipinski definition) is 2. The van der Waals surface area contributed by atoms with Crippen LogP contribution < -0.4 is 5.73 Å². The normalized spacial score (nSPS) is 10.5. The molecule has 0 unspecified atom stereocenters. The summed E-state index contributed by atoms with van der Waals surface area (Å²) in [4.78, 5) is 3.05. The van der Waals surface area contributed by atoms with Gasteiger partial charge in [0.2, 0.25) is 0 Å². The van der Waals surface area contributed by atoms with E-state index in [1.165, 1.54) is 12.1 Å². The van der Waals surface area contributed by atoms with E-state index < -0.39 is 0 Å². The Hall–Kier alpha value is -1.77. The van der Waals surface area contributed by atoms with E-state index in [-0.39, 0.29) is 5.82 Å². The zero-order chi connectivity index (χ0) is 10.8. The van der Waals surface area contributed by atoms with Crippen LogP contribution in [-0.4, -0.2) is 4.98 Å². The SMILES string of the molecule is [CH2]Cc1cc(-c2ccc(F)cc2)[nH]c1N. The maximum Gasteiger partial charge on any atom is 0.123 e. The summed E-state index contributed by atoms with van der Waals surface area (Å²) in [6, 6.07) is 8.23. The third-order valence-corrected chi connectivity index (χ3v) is 2.36. The topological polar surface area (TPSA) is 41.8 Å². The highest BCUT2D eigenvalue weighted by molar-refractivity contribution is 5.65. The number of H-pyrrole nitrogens is 1. The van der Waals surface area contributed by atoms with E-state index in [1.807, 2.05) is 6.07 Å². The largest absolute Gasteiger partial charge is 0.385 e. The summed E-state index contributed by atoms with van der Waals surface area (Å²) in [6.45, 7) is 3.78. The molecule has 0 amide bonds. The highest BCUT2D eigenvalue weighted by Gasteiger charge is 2.05. The van der Waals surface area contributed by atoms with E-state index in [1.54, 1.807) is 12.1 Å². The molecule has 1 heterocycles. The van der Waals surface area contributed by atoms with Crippen molar-refractivity contribution in [1.29, 1.82) is 0 Å². The molecule has 0 aliphatic rings. The number of hydrogen-bond acceptors (Lipinski definition) is 1. The maximum atomic E-state index is 12.7. The van der Waals surface area contributed by atoms with Crippen LogP contribution >= 0.6 is 0 Å². The molecule has 1 aromatic heterocycles. The van der Waals surface area contributed by atoms with E-state index in [0.717, 1.165) is 16.8 Å². The first-order chi connectivity index (χ1) is 7.20. The van der Waals surface area contributed by atoms with Crippen LogP contribution in [0.3, 0.4) is 0 Å². The highest BCUT2D eigenvalue weighted by Crippen LogP contribution is 2.23. The van der Waals surface area contributed by atoms with Gasteiger partial charge in [-0.3, -0.25) is 0 Å². The van der Waals surface area contributed by atoms with Gasteiger partial charge in [0.15, 0.2) is 0 Å². The molecule has 0 bridgehead atoms. The summed E-state index contributed by atoms with van der Waals surface area (Å²) in [5.41, 5.74) is 8.54. The van der Waals surface area contributed by atoms with Crippen molar-refractivity contribution in [3.05, 3.63) is 48.6 Å². The average Bonchev–Trinajstić information content (AvgIpc) is 2.61. The Labute approximate surface area is 87.9 Å². The standard InChI is InChI=1S/C12H12FN2/c1-2-8-7-11(15-12(8)14)9-3-5-10(13)6-4-9/h3-7,15H,1-2,14H2. The fourth-order valence-corrected chi connectivity index (χ4v) is 1.51. The summed E-state index contributed by atoms with van der Waals surface area (Å²) < 4.78 is 12.7. The molecule has 1 radical (unpaired) electrons. The predicted molar refractivity (Wildman–Crippen MR) is 59.7 cm³/mol. The van der Waals surface area contributed by atoms with Gasteiger partial charge in [-0.25, -0.2) is 4.39 Å². The zero-order valence-electron chi connectivity index (χ0n) is 8.26. The predicted octanol–water partition coefficient (Wildman–Crippen LogP) is 2.78. The van der Waals surface area contributed by atoms with Gasteiger partial charge < -0.3 is 10.7 Å². The molecule has 0 aliphatic heterocycles. The van der Waals surface area contributed by atoms with Crippen LogP contribution in [-0.2, 0) is 6.42 Å². The Morgan fingerprint density at radius 2 is 1.93 bits per heavy atom. The van der Waals surface area contributed by atoms with E-state index >= 15 is 0 Å². The van der Waals surface area contributed by atoms with E-state index in [0.29, 0.717) is 12.2 Å². The van der Waals surface area contributed by atoms with E-state index in [9.17, 15) is 4.39 Å². The quantitative estimate of drug-likeness (QED) is 0.774. The molecular formula is C12H12FN2. The molecule has 0 atom stereocenters. The number of aromatic nitrogens is 1. The number of nitrogen functional groups attached to an aromatic ring is 1. The first kappa shape index (κ1) is 9.77. The second-order valence-electron chi connectivity index (χ2n) is 3.38. The van der Waals surface area contributed by atoms with Gasteiger partial charge in [0, 0.05) is 5.69 Å². The van der Waals surface area contributed by atoms with Crippen LogP contribution in [0.25, 0.3) is 11.3 Å². The van der Waals surface area contributed by atoms with Gasteiger partial charge in [-0.1, -0.05) is 0 Å². The molecule has 0 saturated heterocycles. The third-order valence-electron chi connectivity index (χ3n) is 2.36. The summed E-state index contributed by atoms with van der Waals surface area (Å²) in [7, 11) is 0. The molecule has 15 heavy (non-hydrogen) atoms. The molecule has 0 aliphatic carbocycles. The molecule has 2 nitrogen and oxygen atoms in total. The van der Waals surface area contributed by atoms with Crippen molar-refractivity contribution in [2.24, 2.45) is 0 Å². The van der Waals surface area contributed by atoms with Gasteiger partial charge in [0.05, 0.1) is 0 Å². The Balaban J connectivity index is 2.41. The summed E-state index contributed by atoms with van der Waals surface area (Å²) in [5, 5.41) is 0. The number of rotatable bonds is 2. The third kappa shape index (κ3) is 1.86. The minimum Gasteiger partial charge on any atom is -0.385 e. The highest BCUT2D eigenvalue weighted by atomic mass is 19.1. The van der Waals surface area contributed by atoms with Crippen LogP contribution in [0.1, 0.15) is 5.56 Å². The van der Waals surface area contributed by atoms with Crippen molar-refractivity contribution in [2.45, 2.75) is 6.42 Å². The average molecular weight is 203 g/mol. The lowest BCUT2D eigenvalue weighted by Gasteiger charge is -1.96. The van der Waals surface area contributed by atoms with E-state index in [4.69, 9.17) is 5.73 Å². The van der Waals surface area contributed by atoms with Gasteiger partial charge in [-0.15, -0.1) is 0 Å². The summed E-state index contributed by atoms with van der Waals surface area (Å²) >= 11 is 0. The van der Waals surface area contributed by atoms with Crippen LogP contribution in [0.5, 0.6) is 0 Å². The van der Waals surface area contributed by atoms with Crippen molar-refractivity contribution >= 4 is 5.82 Å². The summed E-state index contributed by atoms with van der Waals surface area (Å²) in [6.07, 6.45) is 0.642. The Morgan fingerprint density at radius 3 is 2.47 bits per heavy atom. The summed E-state index contributed by atoms with van der Waals surface area (Å²) in [5.74, 6) is 0.389. The van der Waals surface area contributed by atoms with Crippen LogP contribution in [0.15, 0.2) is 30.3 Å². The molecule has 1 aromatic carbocycles. The Bertz CT molecular complexity index is 457. The first-order valence-corrected chi connectivity index (χ1v) is 4.73. The van der Waals surface area contributed by atoms with Crippen molar-refractivity contribution in [3.8, 4) is 11.3 Å². The fourth-order valence-electron chi connectivity index (χ4n) is 1.51. The van der Waals surface area contributed by atoms with Crippen molar-refractivity contribution in [2.75, 3.05) is 5.73 Å². The molecular weight excluding hydrogens is 191 g/mol. The van der Waals surface area contributed by atoms with Crippen molar-refractivity contribution in [3.63, 3.8) is 0 Å². The first-order valence-electron chi connectivity index (χ1n) is 4.73. The lowest BCUT2D eigenvalue weighted by atomic mass is 10.1. The molecule has 2 rings (SSSR count). The van der Waals surface area contributed by atoms with Gasteiger partial charge in [-0.2, -0.15) is 0 Å². The number of anilines is 1. The molecule has 0 fully saturated rings. The minimum absolute atomic E-state index is 0.240. The molecule has 77 valence electrons. The second kappa shape index (κ2) is 3.77. The maximum absolute atomic E-state index is 12.7. The molecule has 2 aromatic rings. The molecule has 0 saturated carbocycles. The van der Waals surface area contributed by atoms with E-state index in [2.05, 4.69) is 11.9 Å². The Kier molecular flexibility index (Phi) is 2.46. The van der Waals surface area contributed by atoms with Crippen molar-refractivity contribution in [1.82, 2.24) is 4.98 Å². The lowest BCUT2D eigenvalue weighted by Crippen LogP contribution is -1.88.